The molecule has 10 heteroatoms. The summed E-state index contributed by atoms with van der Waals surface area (Å²) < 4.78 is 20.5. The Morgan fingerprint density at radius 2 is 1.89 bits per heavy atom. The molecule has 0 bridgehead atoms. The number of para-hydroxylation sites is 1. The van der Waals surface area contributed by atoms with Crippen LogP contribution in [-0.4, -0.2) is 70.0 Å². The van der Waals surface area contributed by atoms with E-state index >= 15 is 0 Å². The van der Waals surface area contributed by atoms with Crippen LogP contribution in [0.5, 0.6) is 0 Å². The smallest absolute Gasteiger partial charge is 0.246 e. The van der Waals surface area contributed by atoms with Gasteiger partial charge in [-0.25, -0.2) is 19.8 Å². The van der Waals surface area contributed by atoms with Crippen molar-refractivity contribution in [2.45, 2.75) is 13.0 Å². The second-order valence-electron chi connectivity index (χ2n) is 8.56. The zero-order chi connectivity index (χ0) is 24.6. The van der Waals surface area contributed by atoms with Gasteiger partial charge in [-0.3, -0.25) is 4.90 Å². The standard InChI is InChI=1S/C26H29FN8O/c27-21-8-6-20(7-9-21)19-35-13-11-28-24(35)18-30-33-26-31-23-5-2-1-4-22(23)25(32-26)29-10-3-12-34-14-16-36-17-15-34/h1-2,4-9,11,13,18H,3,10,12,14-17,19H2,(H2,29,31,32,33)/b30-18+. The molecule has 186 valence electrons. The SMILES string of the molecule is Fc1ccc(Cn2ccnc2/C=N/Nc2nc(NCCCN3CCOCC3)c3ccccc3n2)cc1. The van der Waals surface area contributed by atoms with Crippen molar-refractivity contribution in [2.75, 3.05) is 50.1 Å². The first kappa shape index (κ1) is 23.8. The van der Waals surface area contributed by atoms with Gasteiger partial charge in [0.05, 0.1) is 24.9 Å². The minimum atomic E-state index is -0.253. The van der Waals surface area contributed by atoms with Crippen molar-refractivity contribution in [1.82, 2.24) is 24.4 Å². The molecule has 1 aliphatic heterocycles. The van der Waals surface area contributed by atoms with Gasteiger partial charge in [0.1, 0.15) is 11.6 Å². The van der Waals surface area contributed by atoms with Gasteiger partial charge in [0.25, 0.3) is 0 Å². The van der Waals surface area contributed by atoms with Crippen molar-refractivity contribution in [2.24, 2.45) is 5.10 Å². The molecule has 1 aliphatic rings. The number of fused-ring (bicyclic) bond motifs is 1. The summed E-state index contributed by atoms with van der Waals surface area (Å²) in [4.78, 5) is 16.0. The van der Waals surface area contributed by atoms with Crippen molar-refractivity contribution in [1.29, 1.82) is 0 Å². The first-order valence-electron chi connectivity index (χ1n) is 12.1. The van der Waals surface area contributed by atoms with Gasteiger partial charge in [0, 0.05) is 44.0 Å². The number of benzene rings is 2. The fourth-order valence-corrected chi connectivity index (χ4v) is 4.11. The third kappa shape index (κ3) is 6.21. The average Bonchev–Trinajstić information content (AvgIpc) is 3.35. The van der Waals surface area contributed by atoms with E-state index in [0.29, 0.717) is 18.3 Å². The summed E-state index contributed by atoms with van der Waals surface area (Å²) in [5, 5.41) is 8.75. The minimum Gasteiger partial charge on any atom is -0.379 e. The van der Waals surface area contributed by atoms with Crippen LogP contribution in [0.3, 0.4) is 0 Å². The number of morpholine rings is 1. The van der Waals surface area contributed by atoms with Crippen LogP contribution in [0.25, 0.3) is 10.9 Å². The zero-order valence-electron chi connectivity index (χ0n) is 20.0. The van der Waals surface area contributed by atoms with E-state index in [1.165, 1.54) is 12.1 Å². The van der Waals surface area contributed by atoms with Gasteiger partial charge >= 0.3 is 0 Å². The maximum atomic E-state index is 13.2. The van der Waals surface area contributed by atoms with Crippen LogP contribution in [-0.2, 0) is 11.3 Å². The molecule has 0 amide bonds. The highest BCUT2D eigenvalue weighted by Crippen LogP contribution is 2.22. The Morgan fingerprint density at radius 3 is 2.75 bits per heavy atom. The molecule has 3 heterocycles. The number of imidazole rings is 1. The number of nitrogens with one attached hydrogen (secondary N) is 2. The normalized spacial score (nSPS) is 14.5. The summed E-state index contributed by atoms with van der Waals surface area (Å²) >= 11 is 0. The molecular weight excluding hydrogens is 459 g/mol. The van der Waals surface area contributed by atoms with Crippen LogP contribution in [0.1, 0.15) is 17.8 Å². The number of halogens is 1. The molecule has 0 atom stereocenters. The third-order valence-electron chi connectivity index (χ3n) is 6.01. The largest absolute Gasteiger partial charge is 0.379 e. The molecule has 0 radical (unpaired) electrons. The monoisotopic (exact) mass is 488 g/mol. The first-order chi connectivity index (χ1) is 17.7. The fraction of sp³-hybridized carbons (Fsp3) is 0.308. The molecule has 4 aromatic rings. The number of anilines is 2. The number of rotatable bonds is 10. The summed E-state index contributed by atoms with van der Waals surface area (Å²) in [6.45, 7) is 6.00. The molecule has 0 unspecified atom stereocenters. The van der Waals surface area contributed by atoms with Crippen molar-refractivity contribution >= 4 is 28.9 Å². The van der Waals surface area contributed by atoms with Gasteiger partial charge in [-0.1, -0.05) is 24.3 Å². The lowest BCUT2D eigenvalue weighted by molar-refractivity contribution is 0.0378. The van der Waals surface area contributed by atoms with Gasteiger partial charge in [-0.15, -0.1) is 0 Å². The third-order valence-corrected chi connectivity index (χ3v) is 6.01. The van der Waals surface area contributed by atoms with E-state index in [1.807, 2.05) is 35.0 Å². The number of aromatic nitrogens is 4. The van der Waals surface area contributed by atoms with E-state index in [4.69, 9.17) is 4.74 Å². The number of ether oxygens (including phenoxy) is 1. The van der Waals surface area contributed by atoms with E-state index in [-0.39, 0.29) is 5.82 Å². The predicted octanol–water partition coefficient (Wildman–Crippen LogP) is 3.59. The Labute approximate surface area is 209 Å². The van der Waals surface area contributed by atoms with Crippen molar-refractivity contribution in [3.63, 3.8) is 0 Å². The van der Waals surface area contributed by atoms with E-state index in [9.17, 15) is 4.39 Å². The van der Waals surface area contributed by atoms with Crippen LogP contribution in [0.2, 0.25) is 0 Å². The maximum absolute atomic E-state index is 13.2. The van der Waals surface area contributed by atoms with Gasteiger partial charge in [0.15, 0.2) is 5.82 Å². The van der Waals surface area contributed by atoms with E-state index < -0.39 is 0 Å². The van der Waals surface area contributed by atoms with E-state index in [2.05, 4.69) is 35.7 Å². The summed E-state index contributed by atoms with van der Waals surface area (Å²) in [5.41, 5.74) is 4.74. The summed E-state index contributed by atoms with van der Waals surface area (Å²) in [6.07, 6.45) is 6.19. The van der Waals surface area contributed by atoms with Crippen LogP contribution in [0.4, 0.5) is 16.2 Å². The van der Waals surface area contributed by atoms with E-state index in [1.54, 1.807) is 24.5 Å². The molecule has 1 saturated heterocycles. The quantitative estimate of drug-likeness (QED) is 0.200. The topological polar surface area (TPSA) is 92.5 Å². The molecule has 0 spiro atoms. The molecular formula is C26H29FN8O. The molecule has 0 saturated carbocycles. The number of hydrazone groups is 1. The Hall–Kier alpha value is -3.89. The highest BCUT2D eigenvalue weighted by atomic mass is 19.1. The molecule has 9 nitrogen and oxygen atoms in total. The Bertz CT molecular complexity index is 1300. The molecule has 2 aromatic carbocycles. The molecule has 5 rings (SSSR count). The molecule has 2 aromatic heterocycles. The number of hydrogen-bond donors (Lipinski definition) is 2. The Kier molecular flexibility index (Phi) is 7.74. The fourth-order valence-electron chi connectivity index (χ4n) is 4.11. The van der Waals surface area contributed by atoms with Crippen LogP contribution < -0.4 is 10.7 Å². The van der Waals surface area contributed by atoms with Gasteiger partial charge in [0.2, 0.25) is 5.95 Å². The summed E-state index contributed by atoms with van der Waals surface area (Å²) in [6, 6.07) is 14.3. The van der Waals surface area contributed by atoms with Gasteiger partial charge in [-0.2, -0.15) is 10.1 Å². The number of nitrogens with zero attached hydrogens (tertiary/aromatic N) is 6. The van der Waals surface area contributed by atoms with Crippen molar-refractivity contribution in [3.05, 3.63) is 78.1 Å². The highest BCUT2D eigenvalue weighted by molar-refractivity contribution is 5.90. The zero-order valence-corrected chi connectivity index (χ0v) is 20.0. The second kappa shape index (κ2) is 11.7. The Morgan fingerprint density at radius 1 is 1.06 bits per heavy atom. The summed E-state index contributed by atoms with van der Waals surface area (Å²) in [5.74, 6) is 1.58. The first-order valence-corrected chi connectivity index (χ1v) is 12.1. The lowest BCUT2D eigenvalue weighted by atomic mass is 10.2. The lowest BCUT2D eigenvalue weighted by Crippen LogP contribution is -2.37. The highest BCUT2D eigenvalue weighted by Gasteiger charge is 2.11. The second-order valence-corrected chi connectivity index (χ2v) is 8.56. The number of hydrogen-bond acceptors (Lipinski definition) is 8. The summed E-state index contributed by atoms with van der Waals surface area (Å²) in [7, 11) is 0. The van der Waals surface area contributed by atoms with Gasteiger partial charge in [-0.05, 0) is 42.8 Å². The average molecular weight is 489 g/mol. The van der Waals surface area contributed by atoms with E-state index in [0.717, 1.165) is 68.1 Å². The van der Waals surface area contributed by atoms with Crippen LogP contribution in [0, 0.1) is 5.82 Å². The van der Waals surface area contributed by atoms with Crippen LogP contribution in [0.15, 0.2) is 66.0 Å². The molecule has 0 aliphatic carbocycles. The molecule has 36 heavy (non-hydrogen) atoms. The van der Waals surface area contributed by atoms with Crippen molar-refractivity contribution in [3.8, 4) is 0 Å². The van der Waals surface area contributed by atoms with Crippen molar-refractivity contribution < 1.29 is 9.13 Å². The lowest BCUT2D eigenvalue weighted by Gasteiger charge is -2.26. The van der Waals surface area contributed by atoms with Gasteiger partial charge < -0.3 is 14.6 Å². The molecule has 2 N–H and O–H groups in total. The Balaban J connectivity index is 1.23. The minimum absolute atomic E-state index is 0.253. The van der Waals surface area contributed by atoms with Crippen LogP contribution >= 0.6 is 0 Å². The maximum Gasteiger partial charge on any atom is 0.246 e. The molecule has 1 fully saturated rings. The predicted molar refractivity (Wildman–Crippen MR) is 139 cm³/mol.